The third-order valence-electron chi connectivity index (χ3n) is 4.45. The second kappa shape index (κ2) is 8.32. The highest BCUT2D eigenvalue weighted by molar-refractivity contribution is 5.92. The summed E-state index contributed by atoms with van der Waals surface area (Å²) in [6.07, 6.45) is 8.89. The number of likely N-dealkylation sites (N-methyl/N-ethyl adjacent to an activating group) is 1. The number of nitrogens with one attached hydrogen (secondary N) is 2. The number of hydrogen-bond acceptors (Lipinski definition) is 3. The van der Waals surface area contributed by atoms with Gasteiger partial charge in [0, 0.05) is 19.6 Å². The van der Waals surface area contributed by atoms with Crippen LogP contribution in [-0.2, 0) is 9.59 Å². The molecule has 2 N–H and O–H groups in total. The van der Waals surface area contributed by atoms with Gasteiger partial charge in [-0.1, -0.05) is 11.6 Å². The fraction of sp³-hybridized carbons (Fsp3) is 0.765. The van der Waals surface area contributed by atoms with E-state index in [0.29, 0.717) is 19.5 Å². The van der Waals surface area contributed by atoms with Crippen LogP contribution >= 0.6 is 0 Å². The Kier molecular flexibility index (Phi) is 6.43. The van der Waals surface area contributed by atoms with Gasteiger partial charge in [-0.3, -0.25) is 9.59 Å². The first-order valence-electron chi connectivity index (χ1n) is 8.46. The molecule has 124 valence electrons. The zero-order valence-electron chi connectivity index (χ0n) is 13.9. The van der Waals surface area contributed by atoms with Crippen LogP contribution in [0.25, 0.3) is 0 Å². The summed E-state index contributed by atoms with van der Waals surface area (Å²) in [7, 11) is 3.95. The predicted molar refractivity (Wildman–Crippen MR) is 87.3 cm³/mol. The molecule has 0 aliphatic heterocycles. The second-order valence-electron chi connectivity index (χ2n) is 6.69. The van der Waals surface area contributed by atoms with Crippen LogP contribution in [0.4, 0.5) is 0 Å². The summed E-state index contributed by atoms with van der Waals surface area (Å²) in [5, 5.41) is 5.88. The Morgan fingerprint density at radius 2 is 1.82 bits per heavy atom. The predicted octanol–water partition coefficient (Wildman–Crippen LogP) is 1.31. The normalized spacial score (nSPS) is 23.9. The minimum atomic E-state index is -0.115. The van der Waals surface area contributed by atoms with Crippen LogP contribution in [0.2, 0.25) is 0 Å². The maximum absolute atomic E-state index is 12.0. The summed E-state index contributed by atoms with van der Waals surface area (Å²) in [4.78, 5) is 26.0. The maximum Gasteiger partial charge on any atom is 0.223 e. The highest BCUT2D eigenvalue weighted by atomic mass is 16.2. The van der Waals surface area contributed by atoms with Gasteiger partial charge in [-0.15, -0.1) is 0 Å². The van der Waals surface area contributed by atoms with Crippen molar-refractivity contribution in [2.45, 2.75) is 38.5 Å². The number of nitrogens with zero attached hydrogens (tertiary/aromatic N) is 1. The van der Waals surface area contributed by atoms with Crippen molar-refractivity contribution in [2.24, 2.45) is 11.8 Å². The Balaban J connectivity index is 1.59. The molecule has 0 bridgehead atoms. The van der Waals surface area contributed by atoms with Crippen molar-refractivity contribution in [1.82, 2.24) is 15.5 Å². The van der Waals surface area contributed by atoms with Crippen molar-refractivity contribution in [1.29, 1.82) is 0 Å². The molecule has 1 saturated carbocycles. The van der Waals surface area contributed by atoms with Crippen molar-refractivity contribution in [3.63, 3.8) is 0 Å². The Bertz CT molecular complexity index is 432. The van der Waals surface area contributed by atoms with Gasteiger partial charge < -0.3 is 15.5 Å². The SMILES string of the molecule is CN(C)CCNC(=O)C1CC1C(=O)NCCC1=CCCCC1. The third-order valence-corrected chi connectivity index (χ3v) is 4.45. The van der Waals surface area contributed by atoms with Gasteiger partial charge in [0.1, 0.15) is 0 Å². The first-order chi connectivity index (χ1) is 10.6. The van der Waals surface area contributed by atoms with E-state index in [2.05, 4.69) is 16.7 Å². The largest absolute Gasteiger partial charge is 0.356 e. The lowest BCUT2D eigenvalue weighted by Gasteiger charge is -2.13. The molecule has 1 fully saturated rings. The Hall–Kier alpha value is -1.36. The molecule has 2 aliphatic carbocycles. The highest BCUT2D eigenvalue weighted by Crippen LogP contribution is 2.38. The van der Waals surface area contributed by atoms with Crippen molar-refractivity contribution in [2.75, 3.05) is 33.7 Å². The van der Waals surface area contributed by atoms with Gasteiger partial charge in [-0.2, -0.15) is 0 Å². The monoisotopic (exact) mass is 307 g/mol. The first-order valence-corrected chi connectivity index (χ1v) is 8.46. The highest BCUT2D eigenvalue weighted by Gasteiger charge is 2.47. The Morgan fingerprint density at radius 1 is 1.14 bits per heavy atom. The van der Waals surface area contributed by atoms with Crippen LogP contribution in [0.3, 0.4) is 0 Å². The third kappa shape index (κ3) is 5.44. The molecule has 0 aromatic rings. The summed E-state index contributed by atoms with van der Waals surface area (Å²) in [5.41, 5.74) is 1.47. The van der Waals surface area contributed by atoms with Crippen molar-refractivity contribution in [3.05, 3.63) is 11.6 Å². The Labute approximate surface area is 133 Å². The lowest BCUT2D eigenvalue weighted by atomic mass is 9.97. The number of allylic oxidation sites excluding steroid dienone is 1. The summed E-state index contributed by atoms with van der Waals surface area (Å²) in [6.45, 7) is 2.17. The van der Waals surface area contributed by atoms with E-state index in [1.54, 1.807) is 0 Å². The maximum atomic E-state index is 12.0. The molecule has 2 atom stereocenters. The molecule has 0 radical (unpaired) electrons. The van der Waals surface area contributed by atoms with Gasteiger partial charge in [-0.05, 0) is 52.6 Å². The lowest BCUT2D eigenvalue weighted by Crippen LogP contribution is -2.34. The number of hydrogen-bond donors (Lipinski definition) is 2. The number of amides is 2. The molecule has 22 heavy (non-hydrogen) atoms. The lowest BCUT2D eigenvalue weighted by molar-refractivity contribution is -0.127. The van der Waals surface area contributed by atoms with E-state index in [1.165, 1.54) is 31.3 Å². The van der Waals surface area contributed by atoms with Crippen molar-refractivity contribution < 1.29 is 9.59 Å². The molecule has 0 saturated heterocycles. The van der Waals surface area contributed by atoms with Gasteiger partial charge >= 0.3 is 0 Å². The second-order valence-corrected chi connectivity index (χ2v) is 6.69. The fourth-order valence-corrected chi connectivity index (χ4v) is 2.92. The van der Waals surface area contributed by atoms with Gasteiger partial charge in [0.05, 0.1) is 11.8 Å². The quantitative estimate of drug-likeness (QED) is 0.665. The molecule has 2 aliphatic rings. The van der Waals surface area contributed by atoms with Gasteiger partial charge in [0.25, 0.3) is 0 Å². The van der Waals surface area contributed by atoms with E-state index in [4.69, 9.17) is 0 Å². The van der Waals surface area contributed by atoms with E-state index in [0.717, 1.165) is 13.0 Å². The molecule has 5 nitrogen and oxygen atoms in total. The first kappa shape index (κ1) is 17.0. The molecule has 0 spiro atoms. The average Bonchev–Trinajstić information content (AvgIpc) is 3.28. The average molecular weight is 307 g/mol. The molecule has 0 heterocycles. The summed E-state index contributed by atoms with van der Waals surface area (Å²) in [5.74, 6) is -0.156. The fourth-order valence-electron chi connectivity index (χ4n) is 2.92. The molecule has 2 amide bonds. The minimum absolute atomic E-state index is 0.0250. The van der Waals surface area contributed by atoms with Crippen molar-refractivity contribution in [3.8, 4) is 0 Å². The number of rotatable bonds is 8. The number of carbonyl (C=O) groups is 2. The van der Waals surface area contributed by atoms with Gasteiger partial charge in [-0.25, -0.2) is 0 Å². The van der Waals surface area contributed by atoms with Gasteiger partial charge in [0.2, 0.25) is 11.8 Å². The molecule has 0 aromatic heterocycles. The summed E-state index contributed by atoms with van der Waals surface area (Å²) in [6, 6.07) is 0. The van der Waals surface area contributed by atoms with Gasteiger partial charge in [0.15, 0.2) is 0 Å². The van der Waals surface area contributed by atoms with E-state index >= 15 is 0 Å². The molecular formula is C17H29N3O2. The molecule has 2 rings (SSSR count). The van der Waals surface area contributed by atoms with E-state index in [9.17, 15) is 9.59 Å². The zero-order valence-corrected chi connectivity index (χ0v) is 13.9. The number of carbonyl (C=O) groups excluding carboxylic acids is 2. The van der Waals surface area contributed by atoms with Crippen LogP contribution in [0, 0.1) is 11.8 Å². The standard InChI is InChI=1S/C17H29N3O2/c1-20(2)11-10-19-17(22)15-12-14(15)16(21)18-9-8-13-6-4-3-5-7-13/h6,14-15H,3-5,7-12H2,1-2H3,(H,18,21)(H,19,22). The van der Waals surface area contributed by atoms with Crippen LogP contribution < -0.4 is 10.6 Å². The summed E-state index contributed by atoms with van der Waals surface area (Å²) < 4.78 is 0. The zero-order chi connectivity index (χ0) is 15.9. The van der Waals surface area contributed by atoms with Crippen LogP contribution in [-0.4, -0.2) is 50.4 Å². The van der Waals surface area contributed by atoms with E-state index < -0.39 is 0 Å². The topological polar surface area (TPSA) is 61.4 Å². The van der Waals surface area contributed by atoms with Crippen LogP contribution in [0.15, 0.2) is 11.6 Å². The molecule has 2 unspecified atom stereocenters. The minimum Gasteiger partial charge on any atom is -0.356 e. The smallest absolute Gasteiger partial charge is 0.223 e. The van der Waals surface area contributed by atoms with Crippen LogP contribution in [0.1, 0.15) is 38.5 Å². The van der Waals surface area contributed by atoms with E-state index in [1.807, 2.05) is 19.0 Å². The van der Waals surface area contributed by atoms with Crippen molar-refractivity contribution >= 4 is 11.8 Å². The molecule has 5 heteroatoms. The molecular weight excluding hydrogens is 278 g/mol. The van der Waals surface area contributed by atoms with Crippen LogP contribution in [0.5, 0.6) is 0 Å². The summed E-state index contributed by atoms with van der Waals surface area (Å²) >= 11 is 0. The van der Waals surface area contributed by atoms with E-state index in [-0.39, 0.29) is 23.7 Å². The molecule has 0 aromatic carbocycles. The Morgan fingerprint density at radius 3 is 2.41 bits per heavy atom.